The van der Waals surface area contributed by atoms with Gasteiger partial charge in [-0.1, -0.05) is 137 Å². The summed E-state index contributed by atoms with van der Waals surface area (Å²) in [5, 5.41) is 18.2. The van der Waals surface area contributed by atoms with Gasteiger partial charge in [0.25, 0.3) is 0 Å². The molecule has 3 N–H and O–H groups in total. The van der Waals surface area contributed by atoms with E-state index in [1.165, 1.54) is 70.6 Å². The molecule has 0 rings (SSSR count). The van der Waals surface area contributed by atoms with Crippen molar-refractivity contribution in [2.45, 2.75) is 175 Å². The third-order valence-electron chi connectivity index (χ3n) is 8.23. The minimum atomic E-state index is -4.60. The standard InChI is InChI=1S/C35H69O10P/c1-5-31(4)23-19-15-12-13-16-20-24-34(38)42-28-33(29-44-46(40,41)43-27-32(37)26-36)45-35(39)25-21-17-11-9-7-6-8-10-14-18-22-30(2)3/h30-33,36-37H,5-29H2,1-4H3,(H,40,41)/t31?,32-,33+/m0/s1. The fourth-order valence-electron chi connectivity index (χ4n) is 4.98. The molecule has 0 aromatic carbocycles. The summed E-state index contributed by atoms with van der Waals surface area (Å²) in [4.78, 5) is 34.7. The van der Waals surface area contributed by atoms with Crippen LogP contribution in [0.5, 0.6) is 0 Å². The molecule has 0 aliphatic rings. The van der Waals surface area contributed by atoms with Gasteiger partial charge in [-0.2, -0.15) is 0 Å². The average Bonchev–Trinajstić information content (AvgIpc) is 3.02. The minimum absolute atomic E-state index is 0.188. The van der Waals surface area contributed by atoms with Gasteiger partial charge in [-0.05, 0) is 24.7 Å². The number of carbonyl (C=O) groups is 2. The van der Waals surface area contributed by atoms with Crippen molar-refractivity contribution in [2.24, 2.45) is 11.8 Å². The lowest BCUT2D eigenvalue weighted by molar-refractivity contribution is -0.161. The van der Waals surface area contributed by atoms with Gasteiger partial charge in [0, 0.05) is 12.8 Å². The van der Waals surface area contributed by atoms with Gasteiger partial charge in [0.2, 0.25) is 0 Å². The van der Waals surface area contributed by atoms with Crippen molar-refractivity contribution in [3.8, 4) is 0 Å². The molecule has 0 saturated heterocycles. The van der Waals surface area contributed by atoms with Crippen LogP contribution < -0.4 is 0 Å². The van der Waals surface area contributed by atoms with Gasteiger partial charge in [0.1, 0.15) is 12.7 Å². The van der Waals surface area contributed by atoms with Crippen LogP contribution in [0, 0.1) is 11.8 Å². The normalized spacial score (nSPS) is 15.0. The molecule has 10 nitrogen and oxygen atoms in total. The Hall–Kier alpha value is -1.03. The van der Waals surface area contributed by atoms with E-state index in [2.05, 4.69) is 32.2 Å². The van der Waals surface area contributed by atoms with E-state index in [-0.39, 0.29) is 19.4 Å². The van der Waals surface area contributed by atoms with E-state index < -0.39 is 51.8 Å². The van der Waals surface area contributed by atoms with Gasteiger partial charge >= 0.3 is 19.8 Å². The second-order valence-corrected chi connectivity index (χ2v) is 14.8. The molecule has 0 heterocycles. The van der Waals surface area contributed by atoms with Crippen LogP contribution in [-0.4, -0.2) is 65.7 Å². The number of phosphoric acid groups is 1. The van der Waals surface area contributed by atoms with Gasteiger partial charge in [-0.15, -0.1) is 0 Å². The summed E-state index contributed by atoms with van der Waals surface area (Å²) in [5.74, 6) is 0.639. The Balaban J connectivity index is 4.40. The van der Waals surface area contributed by atoms with Gasteiger partial charge < -0.3 is 24.6 Å². The molecular weight excluding hydrogens is 611 g/mol. The van der Waals surface area contributed by atoms with Crippen LogP contribution in [0.1, 0.15) is 163 Å². The Morgan fingerprint density at radius 3 is 1.61 bits per heavy atom. The lowest BCUT2D eigenvalue weighted by atomic mass is 10.00. The highest BCUT2D eigenvalue weighted by molar-refractivity contribution is 7.47. The molecule has 274 valence electrons. The molecule has 0 bridgehead atoms. The van der Waals surface area contributed by atoms with E-state index in [4.69, 9.17) is 19.1 Å². The highest BCUT2D eigenvalue weighted by atomic mass is 31.2. The first-order chi connectivity index (χ1) is 22.0. The molecular formula is C35H69O10P. The first kappa shape index (κ1) is 45.0. The van der Waals surface area contributed by atoms with Crippen molar-refractivity contribution < 1.29 is 47.8 Å². The monoisotopic (exact) mass is 680 g/mol. The second kappa shape index (κ2) is 30.1. The molecule has 0 aliphatic heterocycles. The number of aliphatic hydroxyl groups is 2. The summed E-state index contributed by atoms with van der Waals surface area (Å²) in [6.07, 6.45) is 19.5. The van der Waals surface area contributed by atoms with Crippen molar-refractivity contribution in [1.29, 1.82) is 0 Å². The largest absolute Gasteiger partial charge is 0.472 e. The summed E-state index contributed by atoms with van der Waals surface area (Å²) < 4.78 is 32.5. The van der Waals surface area contributed by atoms with E-state index in [9.17, 15) is 24.2 Å². The van der Waals surface area contributed by atoms with Gasteiger partial charge in [0.05, 0.1) is 19.8 Å². The van der Waals surface area contributed by atoms with Crippen molar-refractivity contribution in [3.05, 3.63) is 0 Å². The predicted molar refractivity (Wildman–Crippen MR) is 182 cm³/mol. The van der Waals surface area contributed by atoms with Crippen LogP contribution >= 0.6 is 7.82 Å². The minimum Gasteiger partial charge on any atom is -0.462 e. The van der Waals surface area contributed by atoms with E-state index >= 15 is 0 Å². The topological polar surface area (TPSA) is 149 Å². The van der Waals surface area contributed by atoms with Crippen LogP contribution in [0.2, 0.25) is 0 Å². The molecule has 0 spiro atoms. The lowest BCUT2D eigenvalue weighted by Crippen LogP contribution is -2.29. The number of carbonyl (C=O) groups excluding carboxylic acids is 2. The van der Waals surface area contributed by atoms with E-state index in [0.717, 1.165) is 50.4 Å². The average molecular weight is 681 g/mol. The van der Waals surface area contributed by atoms with Crippen molar-refractivity contribution in [3.63, 3.8) is 0 Å². The summed E-state index contributed by atoms with van der Waals surface area (Å²) in [6.45, 7) is 6.94. The highest BCUT2D eigenvalue weighted by Gasteiger charge is 2.27. The molecule has 0 fully saturated rings. The first-order valence-corrected chi connectivity index (χ1v) is 19.7. The molecule has 46 heavy (non-hydrogen) atoms. The maximum absolute atomic E-state index is 12.5. The van der Waals surface area contributed by atoms with Crippen molar-refractivity contribution in [2.75, 3.05) is 26.4 Å². The van der Waals surface area contributed by atoms with Crippen LogP contribution in [-0.2, 0) is 32.7 Å². The molecule has 11 heteroatoms. The molecule has 0 radical (unpaired) electrons. The Labute approximate surface area is 280 Å². The van der Waals surface area contributed by atoms with E-state index in [1.54, 1.807) is 0 Å². The zero-order valence-corrected chi connectivity index (χ0v) is 30.5. The van der Waals surface area contributed by atoms with E-state index in [0.29, 0.717) is 12.8 Å². The van der Waals surface area contributed by atoms with E-state index in [1.807, 2.05) is 0 Å². The number of unbranched alkanes of at least 4 members (excludes halogenated alkanes) is 14. The second-order valence-electron chi connectivity index (χ2n) is 13.3. The zero-order chi connectivity index (χ0) is 34.5. The fraction of sp³-hybridized carbons (Fsp3) is 0.943. The lowest BCUT2D eigenvalue weighted by Gasteiger charge is -2.20. The number of aliphatic hydroxyl groups excluding tert-OH is 2. The Kier molecular flexibility index (Phi) is 29.4. The molecule has 0 aromatic rings. The van der Waals surface area contributed by atoms with Crippen molar-refractivity contribution in [1.82, 2.24) is 0 Å². The summed E-state index contributed by atoms with van der Waals surface area (Å²) in [7, 11) is -4.60. The number of hydrogen-bond acceptors (Lipinski definition) is 9. The van der Waals surface area contributed by atoms with Crippen molar-refractivity contribution >= 4 is 19.8 Å². The maximum atomic E-state index is 12.5. The number of hydrogen-bond donors (Lipinski definition) is 3. The van der Waals surface area contributed by atoms with Crippen LogP contribution in [0.4, 0.5) is 0 Å². The van der Waals surface area contributed by atoms with Gasteiger partial charge in [0.15, 0.2) is 6.10 Å². The fourth-order valence-corrected chi connectivity index (χ4v) is 5.77. The summed E-state index contributed by atoms with van der Waals surface area (Å²) in [6, 6.07) is 0. The van der Waals surface area contributed by atoms with Crippen LogP contribution in [0.15, 0.2) is 0 Å². The van der Waals surface area contributed by atoms with Crippen LogP contribution in [0.3, 0.4) is 0 Å². The number of esters is 2. The number of rotatable bonds is 33. The molecule has 2 unspecified atom stereocenters. The summed E-state index contributed by atoms with van der Waals surface area (Å²) >= 11 is 0. The van der Waals surface area contributed by atoms with Gasteiger partial charge in [-0.3, -0.25) is 18.6 Å². The SMILES string of the molecule is CCC(C)CCCCCCCCC(=O)OC[C@H](COP(=O)(O)OC[C@@H](O)CO)OC(=O)CCCCCCCCCCCCC(C)C. The third kappa shape index (κ3) is 30.3. The molecule has 0 saturated carbocycles. The quantitative estimate of drug-likeness (QED) is 0.0350. The number of phosphoric ester groups is 1. The highest BCUT2D eigenvalue weighted by Crippen LogP contribution is 2.43. The number of ether oxygens (including phenoxy) is 2. The predicted octanol–water partition coefficient (Wildman–Crippen LogP) is 8.43. The van der Waals surface area contributed by atoms with Gasteiger partial charge in [-0.25, -0.2) is 4.57 Å². The smallest absolute Gasteiger partial charge is 0.462 e. The molecule has 0 aliphatic carbocycles. The third-order valence-corrected chi connectivity index (χ3v) is 9.18. The Bertz CT molecular complexity index is 778. The maximum Gasteiger partial charge on any atom is 0.472 e. The zero-order valence-electron chi connectivity index (χ0n) is 29.6. The Morgan fingerprint density at radius 1 is 0.652 bits per heavy atom. The molecule has 0 aromatic heterocycles. The molecule has 4 atom stereocenters. The first-order valence-electron chi connectivity index (χ1n) is 18.2. The Morgan fingerprint density at radius 2 is 1.11 bits per heavy atom. The van der Waals surface area contributed by atoms with Crippen LogP contribution in [0.25, 0.3) is 0 Å². The molecule has 0 amide bonds. The summed E-state index contributed by atoms with van der Waals surface area (Å²) in [5.41, 5.74) is 0.